The molecule has 1 rings (SSSR count). The molecule has 0 aliphatic carbocycles. The largest absolute Gasteiger partial charge is 0.349 e. The van der Waals surface area contributed by atoms with Crippen molar-refractivity contribution < 1.29 is 9.18 Å². The van der Waals surface area contributed by atoms with Crippen LogP contribution in [0, 0.1) is 5.82 Å². The Morgan fingerprint density at radius 2 is 2.38 bits per heavy atom. The van der Waals surface area contributed by atoms with Crippen molar-refractivity contribution in [2.45, 2.75) is 19.4 Å². The van der Waals surface area contributed by atoms with Crippen LogP contribution in [0.2, 0.25) is 0 Å². The molecule has 1 aromatic rings. The van der Waals surface area contributed by atoms with E-state index in [1.54, 1.807) is 12.1 Å². The molecule has 0 saturated heterocycles. The summed E-state index contributed by atoms with van der Waals surface area (Å²) in [6.07, 6.45) is 2.41. The predicted molar refractivity (Wildman–Crippen MR) is 65.8 cm³/mol. The summed E-state index contributed by atoms with van der Waals surface area (Å²) in [5.74, 6) is -0.732. The maximum Gasteiger partial charge on any atom is 0.252 e. The molecule has 1 atom stereocenters. The number of nitrogens with one attached hydrogen (secondary N) is 1. The van der Waals surface area contributed by atoms with E-state index in [2.05, 4.69) is 27.8 Å². The number of benzene rings is 1. The number of amides is 1. The third-order valence-corrected chi connectivity index (χ3v) is 2.90. The molecule has 0 saturated carbocycles. The first-order valence-electron chi connectivity index (χ1n) is 4.92. The fourth-order valence-electron chi connectivity index (χ4n) is 1.29. The van der Waals surface area contributed by atoms with Crippen LogP contribution in [0.3, 0.4) is 0 Å². The molecule has 16 heavy (non-hydrogen) atoms. The Kier molecular flexibility index (Phi) is 4.68. The Hall–Kier alpha value is -1.16. The van der Waals surface area contributed by atoms with Gasteiger partial charge in [0.2, 0.25) is 0 Å². The molecular formula is C12H13BrFNO. The summed E-state index contributed by atoms with van der Waals surface area (Å²) in [4.78, 5) is 11.8. The lowest BCUT2D eigenvalue weighted by Gasteiger charge is -2.12. The average Bonchev–Trinajstić information content (AvgIpc) is 2.22. The van der Waals surface area contributed by atoms with Gasteiger partial charge in [0.25, 0.3) is 5.91 Å². The Morgan fingerprint density at radius 3 is 3.00 bits per heavy atom. The minimum Gasteiger partial charge on any atom is -0.349 e. The molecule has 1 amide bonds. The topological polar surface area (TPSA) is 29.1 Å². The van der Waals surface area contributed by atoms with Crippen LogP contribution in [0.5, 0.6) is 0 Å². The maximum absolute atomic E-state index is 13.2. The third kappa shape index (κ3) is 3.17. The van der Waals surface area contributed by atoms with Gasteiger partial charge in [-0.1, -0.05) is 12.1 Å². The fraction of sp³-hybridized carbons (Fsp3) is 0.250. The second kappa shape index (κ2) is 5.80. The number of hydrogen-bond acceptors (Lipinski definition) is 1. The zero-order valence-electron chi connectivity index (χ0n) is 8.97. The minimum absolute atomic E-state index is 0.0137. The van der Waals surface area contributed by atoms with Gasteiger partial charge in [0, 0.05) is 6.04 Å². The van der Waals surface area contributed by atoms with E-state index in [0.717, 1.165) is 0 Å². The lowest BCUT2D eigenvalue weighted by molar-refractivity contribution is 0.0939. The van der Waals surface area contributed by atoms with E-state index in [9.17, 15) is 9.18 Å². The monoisotopic (exact) mass is 285 g/mol. The third-order valence-electron chi connectivity index (χ3n) is 2.09. The summed E-state index contributed by atoms with van der Waals surface area (Å²) in [5.41, 5.74) is 0.302. The molecular weight excluding hydrogens is 273 g/mol. The Bertz CT molecular complexity index is 406. The van der Waals surface area contributed by atoms with E-state index in [1.807, 2.05) is 6.92 Å². The van der Waals surface area contributed by atoms with E-state index in [0.29, 0.717) is 12.0 Å². The maximum atomic E-state index is 13.2. The Morgan fingerprint density at radius 1 is 1.69 bits per heavy atom. The van der Waals surface area contributed by atoms with Gasteiger partial charge in [0.05, 0.1) is 10.0 Å². The minimum atomic E-state index is -0.441. The van der Waals surface area contributed by atoms with Gasteiger partial charge in [-0.3, -0.25) is 4.79 Å². The van der Waals surface area contributed by atoms with Crippen LogP contribution in [-0.4, -0.2) is 11.9 Å². The highest BCUT2D eigenvalue weighted by Crippen LogP contribution is 2.20. The van der Waals surface area contributed by atoms with E-state index in [1.165, 1.54) is 12.1 Å². The first kappa shape index (κ1) is 12.9. The van der Waals surface area contributed by atoms with Gasteiger partial charge in [0.1, 0.15) is 5.82 Å². The average molecular weight is 286 g/mol. The predicted octanol–water partition coefficient (Wildman–Crippen LogP) is 3.28. The second-order valence-corrected chi connectivity index (χ2v) is 4.29. The van der Waals surface area contributed by atoms with E-state index < -0.39 is 5.82 Å². The number of hydrogen-bond donors (Lipinski definition) is 1. The van der Waals surface area contributed by atoms with Crippen LogP contribution >= 0.6 is 15.9 Å². The van der Waals surface area contributed by atoms with Crippen LogP contribution < -0.4 is 5.32 Å². The SMILES string of the molecule is C=CCC(C)NC(=O)c1cccc(F)c1Br. The van der Waals surface area contributed by atoms with Gasteiger partial charge in [-0.05, 0) is 41.4 Å². The smallest absolute Gasteiger partial charge is 0.252 e. The van der Waals surface area contributed by atoms with Crippen molar-refractivity contribution in [1.29, 1.82) is 0 Å². The summed E-state index contributed by atoms with van der Waals surface area (Å²) < 4.78 is 13.4. The molecule has 0 fully saturated rings. The molecule has 1 unspecified atom stereocenters. The molecule has 0 aromatic heterocycles. The standard InChI is InChI=1S/C12H13BrFNO/c1-3-5-8(2)15-12(16)9-6-4-7-10(14)11(9)13/h3-4,6-8H,1,5H2,2H3,(H,15,16). The molecule has 0 aliphatic rings. The first-order chi connectivity index (χ1) is 7.56. The van der Waals surface area contributed by atoms with Gasteiger partial charge in [-0.25, -0.2) is 4.39 Å². The summed E-state index contributed by atoms with van der Waals surface area (Å²) >= 11 is 3.05. The highest BCUT2D eigenvalue weighted by molar-refractivity contribution is 9.10. The summed E-state index contributed by atoms with van der Waals surface area (Å²) in [5, 5.41) is 2.76. The highest BCUT2D eigenvalue weighted by atomic mass is 79.9. The summed E-state index contributed by atoms with van der Waals surface area (Å²) in [6.45, 7) is 5.46. The quantitative estimate of drug-likeness (QED) is 0.845. The molecule has 1 aromatic carbocycles. The molecule has 0 aliphatic heterocycles. The van der Waals surface area contributed by atoms with Gasteiger partial charge < -0.3 is 5.32 Å². The first-order valence-corrected chi connectivity index (χ1v) is 5.71. The van der Waals surface area contributed by atoms with Crippen LogP contribution in [-0.2, 0) is 0 Å². The fourth-order valence-corrected chi connectivity index (χ4v) is 1.73. The number of rotatable bonds is 4. The van der Waals surface area contributed by atoms with Gasteiger partial charge in [-0.15, -0.1) is 6.58 Å². The van der Waals surface area contributed by atoms with Crippen molar-refractivity contribution in [3.8, 4) is 0 Å². The summed E-state index contributed by atoms with van der Waals surface area (Å²) in [6, 6.07) is 4.37. The molecule has 0 radical (unpaired) electrons. The van der Waals surface area contributed by atoms with E-state index >= 15 is 0 Å². The molecule has 0 bridgehead atoms. The van der Waals surface area contributed by atoms with Crippen LogP contribution in [0.1, 0.15) is 23.7 Å². The van der Waals surface area contributed by atoms with Crippen molar-refractivity contribution in [3.05, 3.63) is 46.7 Å². The van der Waals surface area contributed by atoms with Crippen molar-refractivity contribution in [1.82, 2.24) is 5.32 Å². The normalized spacial score (nSPS) is 11.9. The van der Waals surface area contributed by atoms with Crippen molar-refractivity contribution in [2.24, 2.45) is 0 Å². The molecule has 4 heteroatoms. The zero-order chi connectivity index (χ0) is 12.1. The van der Waals surface area contributed by atoms with Crippen molar-refractivity contribution >= 4 is 21.8 Å². The molecule has 0 spiro atoms. The van der Waals surface area contributed by atoms with Gasteiger partial charge in [0.15, 0.2) is 0 Å². The van der Waals surface area contributed by atoms with Gasteiger partial charge in [-0.2, -0.15) is 0 Å². The Balaban J connectivity index is 2.81. The van der Waals surface area contributed by atoms with Crippen LogP contribution in [0.15, 0.2) is 35.3 Å². The molecule has 0 heterocycles. The number of carbonyl (C=O) groups is 1. The number of carbonyl (C=O) groups excluding carboxylic acids is 1. The molecule has 2 nitrogen and oxygen atoms in total. The highest BCUT2D eigenvalue weighted by Gasteiger charge is 2.14. The lowest BCUT2D eigenvalue weighted by Crippen LogP contribution is -2.32. The molecule has 86 valence electrons. The van der Waals surface area contributed by atoms with Gasteiger partial charge >= 0.3 is 0 Å². The zero-order valence-corrected chi connectivity index (χ0v) is 10.6. The van der Waals surface area contributed by atoms with Crippen molar-refractivity contribution in [3.63, 3.8) is 0 Å². The lowest BCUT2D eigenvalue weighted by atomic mass is 10.1. The molecule has 1 N–H and O–H groups in total. The van der Waals surface area contributed by atoms with Crippen LogP contribution in [0.25, 0.3) is 0 Å². The van der Waals surface area contributed by atoms with Crippen molar-refractivity contribution in [2.75, 3.05) is 0 Å². The summed E-state index contributed by atoms with van der Waals surface area (Å²) in [7, 11) is 0. The van der Waals surface area contributed by atoms with E-state index in [-0.39, 0.29) is 16.4 Å². The van der Waals surface area contributed by atoms with E-state index in [4.69, 9.17) is 0 Å². The Labute approximate surface area is 103 Å². The second-order valence-electron chi connectivity index (χ2n) is 3.50. The number of halogens is 2. The van der Waals surface area contributed by atoms with Crippen LogP contribution in [0.4, 0.5) is 4.39 Å².